The number of carbonyl (C=O) groups is 1. The molecule has 0 radical (unpaired) electrons. The first-order valence-corrected chi connectivity index (χ1v) is 4.62. The Bertz CT molecular complexity index is 456. The van der Waals surface area contributed by atoms with E-state index in [9.17, 15) is 14.9 Å². The minimum atomic E-state index is -0.581. The normalized spacial score (nSPS) is 10.4. The smallest absolute Gasteiger partial charge is 0.339 e. The highest BCUT2D eigenvalue weighted by molar-refractivity contribution is 6.33. The molecule has 0 spiro atoms. The molecule has 0 fully saturated rings. The largest absolute Gasteiger partial charge is 0.465 e. The van der Waals surface area contributed by atoms with Crippen LogP contribution in [-0.2, 0) is 4.74 Å². The number of nitro groups is 1. The number of ether oxygens (including phenoxy) is 1. The lowest BCUT2D eigenvalue weighted by Gasteiger charge is -2.02. The van der Waals surface area contributed by atoms with Crippen molar-refractivity contribution in [1.82, 2.24) is 0 Å². The molecule has 0 aliphatic heterocycles. The Morgan fingerprint density at radius 1 is 1.56 bits per heavy atom. The molecule has 1 rings (SSSR count). The van der Waals surface area contributed by atoms with Crippen LogP contribution in [0.3, 0.4) is 0 Å². The number of hydrogen-bond acceptors (Lipinski definition) is 4. The van der Waals surface area contributed by atoms with Crippen LogP contribution < -0.4 is 0 Å². The third-order valence-electron chi connectivity index (χ3n) is 1.79. The van der Waals surface area contributed by atoms with Crippen molar-refractivity contribution in [1.29, 1.82) is 0 Å². The minimum Gasteiger partial charge on any atom is -0.465 e. The van der Waals surface area contributed by atoms with E-state index in [0.29, 0.717) is 5.56 Å². The molecule has 1 aromatic carbocycles. The average Bonchev–Trinajstić information content (AvgIpc) is 2.25. The molecule has 5 nitrogen and oxygen atoms in total. The van der Waals surface area contributed by atoms with Gasteiger partial charge in [0.2, 0.25) is 6.20 Å². The summed E-state index contributed by atoms with van der Waals surface area (Å²) in [5.41, 5.74) is 0.761. The topological polar surface area (TPSA) is 69.4 Å². The number of benzene rings is 1. The van der Waals surface area contributed by atoms with Crippen LogP contribution in [0.2, 0.25) is 5.02 Å². The predicted molar refractivity (Wildman–Crippen MR) is 58.8 cm³/mol. The van der Waals surface area contributed by atoms with Crippen molar-refractivity contribution in [3.63, 3.8) is 0 Å². The van der Waals surface area contributed by atoms with E-state index in [4.69, 9.17) is 11.6 Å². The Labute approximate surface area is 96.4 Å². The minimum absolute atomic E-state index is 0.192. The Morgan fingerprint density at radius 3 is 2.75 bits per heavy atom. The van der Waals surface area contributed by atoms with Crippen LogP contribution in [0.5, 0.6) is 0 Å². The SMILES string of the molecule is COC(=O)c1ccc(/C=C/[N+](=O)[O-])cc1Cl. The van der Waals surface area contributed by atoms with Crippen molar-refractivity contribution in [2.75, 3.05) is 7.11 Å². The molecule has 0 heterocycles. The highest BCUT2D eigenvalue weighted by atomic mass is 35.5. The number of nitrogens with zero attached hydrogens (tertiary/aromatic N) is 1. The van der Waals surface area contributed by atoms with Gasteiger partial charge in [0.1, 0.15) is 0 Å². The molecule has 0 unspecified atom stereocenters. The highest BCUT2D eigenvalue weighted by Crippen LogP contribution is 2.19. The first kappa shape index (κ1) is 12.2. The third kappa shape index (κ3) is 3.06. The summed E-state index contributed by atoms with van der Waals surface area (Å²) in [5.74, 6) is -0.546. The quantitative estimate of drug-likeness (QED) is 0.463. The van der Waals surface area contributed by atoms with Gasteiger partial charge in [0, 0.05) is 6.08 Å². The first-order valence-electron chi connectivity index (χ1n) is 4.24. The number of halogens is 1. The fourth-order valence-corrected chi connectivity index (χ4v) is 1.32. The molecular formula is C10H8ClNO4. The van der Waals surface area contributed by atoms with E-state index in [-0.39, 0.29) is 10.6 Å². The maximum absolute atomic E-state index is 11.2. The van der Waals surface area contributed by atoms with Gasteiger partial charge in [-0.25, -0.2) is 4.79 Å². The predicted octanol–water partition coefficient (Wildman–Crippen LogP) is 2.37. The molecule has 84 valence electrons. The van der Waals surface area contributed by atoms with Gasteiger partial charge in [-0.1, -0.05) is 17.7 Å². The number of methoxy groups -OCH3 is 1. The molecule has 0 atom stereocenters. The summed E-state index contributed by atoms with van der Waals surface area (Å²) < 4.78 is 4.51. The summed E-state index contributed by atoms with van der Waals surface area (Å²) in [6.07, 6.45) is 2.08. The van der Waals surface area contributed by atoms with E-state index in [1.165, 1.54) is 31.4 Å². The molecule has 0 aliphatic rings. The van der Waals surface area contributed by atoms with Gasteiger partial charge in [-0.05, 0) is 17.7 Å². The molecule has 6 heteroatoms. The average molecular weight is 242 g/mol. The van der Waals surface area contributed by atoms with Gasteiger partial charge >= 0.3 is 5.97 Å². The lowest BCUT2D eigenvalue weighted by Crippen LogP contribution is -2.01. The lowest BCUT2D eigenvalue weighted by molar-refractivity contribution is -0.400. The van der Waals surface area contributed by atoms with Gasteiger partial charge in [0.25, 0.3) is 0 Å². The molecular weight excluding hydrogens is 234 g/mol. The van der Waals surface area contributed by atoms with E-state index in [0.717, 1.165) is 6.20 Å². The van der Waals surface area contributed by atoms with Crippen molar-refractivity contribution >= 4 is 23.6 Å². The second kappa shape index (κ2) is 5.27. The zero-order chi connectivity index (χ0) is 12.1. The second-order valence-electron chi connectivity index (χ2n) is 2.83. The molecule has 0 bridgehead atoms. The molecule has 1 aromatic rings. The molecule has 0 N–H and O–H groups in total. The number of carbonyl (C=O) groups excluding carboxylic acids is 1. The summed E-state index contributed by atoms with van der Waals surface area (Å²) in [5, 5.41) is 10.3. The van der Waals surface area contributed by atoms with Crippen LogP contribution >= 0.6 is 11.6 Å². The van der Waals surface area contributed by atoms with E-state index < -0.39 is 10.9 Å². The molecule has 16 heavy (non-hydrogen) atoms. The maximum atomic E-state index is 11.2. The molecule has 0 aromatic heterocycles. The van der Waals surface area contributed by atoms with Crippen LogP contribution in [0.15, 0.2) is 24.4 Å². The summed E-state index contributed by atoms with van der Waals surface area (Å²) in [4.78, 5) is 20.7. The van der Waals surface area contributed by atoms with Crippen molar-refractivity contribution < 1.29 is 14.5 Å². The summed E-state index contributed by atoms with van der Waals surface area (Å²) in [6, 6.07) is 4.44. The van der Waals surface area contributed by atoms with Crippen molar-refractivity contribution in [2.45, 2.75) is 0 Å². The molecule has 0 aliphatic carbocycles. The summed E-state index contributed by atoms with van der Waals surface area (Å²) in [6.45, 7) is 0. The van der Waals surface area contributed by atoms with Crippen LogP contribution in [0.4, 0.5) is 0 Å². The van der Waals surface area contributed by atoms with Crippen LogP contribution in [0, 0.1) is 10.1 Å². The zero-order valence-electron chi connectivity index (χ0n) is 8.34. The molecule has 0 saturated heterocycles. The Balaban J connectivity index is 2.99. The Kier molecular flexibility index (Phi) is 4.02. The fourth-order valence-electron chi connectivity index (χ4n) is 1.06. The number of esters is 1. The number of hydrogen-bond donors (Lipinski definition) is 0. The van der Waals surface area contributed by atoms with Gasteiger partial charge in [-0.3, -0.25) is 10.1 Å². The van der Waals surface area contributed by atoms with Crippen molar-refractivity contribution in [3.8, 4) is 0 Å². The highest BCUT2D eigenvalue weighted by Gasteiger charge is 2.10. The van der Waals surface area contributed by atoms with Crippen LogP contribution in [0.25, 0.3) is 6.08 Å². The Morgan fingerprint density at radius 2 is 2.25 bits per heavy atom. The lowest BCUT2D eigenvalue weighted by atomic mass is 10.1. The summed E-state index contributed by atoms with van der Waals surface area (Å²) >= 11 is 5.81. The van der Waals surface area contributed by atoms with Gasteiger partial charge in [0.05, 0.1) is 22.6 Å². The summed E-state index contributed by atoms with van der Waals surface area (Å²) in [7, 11) is 1.25. The zero-order valence-corrected chi connectivity index (χ0v) is 9.10. The fraction of sp³-hybridized carbons (Fsp3) is 0.100. The monoisotopic (exact) mass is 241 g/mol. The number of rotatable bonds is 3. The Hall–Kier alpha value is -1.88. The van der Waals surface area contributed by atoms with Gasteiger partial charge in [-0.2, -0.15) is 0 Å². The van der Waals surface area contributed by atoms with Crippen molar-refractivity contribution in [2.24, 2.45) is 0 Å². The third-order valence-corrected chi connectivity index (χ3v) is 2.10. The molecule has 0 saturated carbocycles. The van der Waals surface area contributed by atoms with E-state index in [1.807, 2.05) is 0 Å². The van der Waals surface area contributed by atoms with Gasteiger partial charge in [-0.15, -0.1) is 0 Å². The van der Waals surface area contributed by atoms with Gasteiger partial charge < -0.3 is 4.74 Å². The second-order valence-corrected chi connectivity index (χ2v) is 3.24. The molecule has 0 amide bonds. The first-order chi connectivity index (χ1) is 7.54. The van der Waals surface area contributed by atoms with Crippen LogP contribution in [0.1, 0.15) is 15.9 Å². The van der Waals surface area contributed by atoms with Crippen molar-refractivity contribution in [3.05, 3.63) is 50.7 Å². The van der Waals surface area contributed by atoms with Crippen LogP contribution in [-0.4, -0.2) is 18.0 Å². The van der Waals surface area contributed by atoms with E-state index in [2.05, 4.69) is 4.74 Å². The maximum Gasteiger partial charge on any atom is 0.339 e. The standard InChI is InChI=1S/C10H8ClNO4/c1-16-10(13)8-3-2-7(6-9(8)11)4-5-12(14)15/h2-6H,1H3/b5-4+. The van der Waals surface area contributed by atoms with E-state index in [1.54, 1.807) is 0 Å². The van der Waals surface area contributed by atoms with Gasteiger partial charge in [0.15, 0.2) is 0 Å². The van der Waals surface area contributed by atoms with E-state index >= 15 is 0 Å².